The summed E-state index contributed by atoms with van der Waals surface area (Å²) in [6, 6.07) is -1.12. The second kappa shape index (κ2) is 5.45. The maximum atomic E-state index is 12.2. The summed E-state index contributed by atoms with van der Waals surface area (Å²) in [6.07, 6.45) is 1.15. The topological polar surface area (TPSA) is 96.0 Å². The van der Waals surface area contributed by atoms with Gasteiger partial charge in [-0.2, -0.15) is 0 Å². The van der Waals surface area contributed by atoms with Gasteiger partial charge in [-0.15, -0.1) is 11.8 Å². The number of amides is 4. The van der Waals surface area contributed by atoms with Crippen LogP contribution in [0.3, 0.4) is 0 Å². The fourth-order valence-corrected chi connectivity index (χ4v) is 4.43. The number of fused-ring (bicyclic) bond motifs is 1. The minimum Gasteiger partial charge on any atom is -0.454 e. The van der Waals surface area contributed by atoms with Crippen LogP contribution in [0.15, 0.2) is 0 Å². The Hall–Kier alpha value is -1.77. The van der Waals surface area contributed by atoms with Crippen molar-refractivity contribution in [1.29, 1.82) is 0 Å². The van der Waals surface area contributed by atoms with Gasteiger partial charge in [-0.25, -0.2) is 9.59 Å². The van der Waals surface area contributed by atoms with Gasteiger partial charge < -0.3 is 15.0 Å². The first-order valence-corrected chi connectivity index (χ1v) is 8.12. The van der Waals surface area contributed by atoms with Gasteiger partial charge in [0.25, 0.3) is 5.91 Å². The molecule has 0 spiro atoms. The maximum Gasteiger partial charge on any atom is 0.330 e. The van der Waals surface area contributed by atoms with Gasteiger partial charge in [-0.3, -0.25) is 14.5 Å². The van der Waals surface area contributed by atoms with Crippen LogP contribution in [0, 0.1) is 0 Å². The lowest BCUT2D eigenvalue weighted by Crippen LogP contribution is -2.47. The molecule has 0 saturated carbocycles. The molecule has 4 amide bonds. The zero-order chi connectivity index (χ0) is 15.9. The van der Waals surface area contributed by atoms with Crippen molar-refractivity contribution in [2.75, 3.05) is 25.4 Å². The van der Waals surface area contributed by atoms with E-state index < -0.39 is 30.6 Å². The van der Waals surface area contributed by atoms with E-state index >= 15 is 0 Å². The van der Waals surface area contributed by atoms with Crippen LogP contribution in [0.25, 0.3) is 0 Å². The fraction of sp³-hybridized carbons (Fsp3) is 0.692. The van der Waals surface area contributed by atoms with Crippen LogP contribution in [0.2, 0.25) is 0 Å². The van der Waals surface area contributed by atoms with Crippen LogP contribution >= 0.6 is 11.8 Å². The van der Waals surface area contributed by atoms with Crippen LogP contribution in [0.1, 0.15) is 19.8 Å². The van der Waals surface area contributed by atoms with E-state index in [1.165, 1.54) is 0 Å². The average molecular weight is 327 g/mol. The van der Waals surface area contributed by atoms with Gasteiger partial charge in [-0.1, -0.05) is 0 Å². The van der Waals surface area contributed by atoms with Crippen molar-refractivity contribution in [3.05, 3.63) is 0 Å². The van der Waals surface area contributed by atoms with Crippen molar-refractivity contribution in [2.45, 2.75) is 30.7 Å². The Morgan fingerprint density at radius 3 is 2.91 bits per heavy atom. The van der Waals surface area contributed by atoms with Gasteiger partial charge in [0, 0.05) is 25.3 Å². The van der Waals surface area contributed by atoms with Crippen LogP contribution in [-0.2, 0) is 19.1 Å². The molecule has 2 atom stereocenters. The molecule has 0 bridgehead atoms. The van der Waals surface area contributed by atoms with E-state index in [1.54, 1.807) is 16.7 Å². The normalized spacial score (nSPS) is 30.5. The first-order chi connectivity index (χ1) is 10.4. The molecule has 3 aliphatic heterocycles. The standard InChI is InChI=1S/C13H17N3O5S/c1-13-3-2-9(17)16(13)8(7-22-13)11(19)21-6-10(18)15-5-4-14-12(15)20/h8H,2-7H2,1H3,(H,14,20)/t8-,13-/m0/s1. The predicted octanol–water partition coefficient (Wildman–Crippen LogP) is -0.465. The summed E-state index contributed by atoms with van der Waals surface area (Å²) in [5.74, 6) is -0.719. The lowest BCUT2D eigenvalue weighted by Gasteiger charge is -2.29. The summed E-state index contributed by atoms with van der Waals surface area (Å²) in [6.45, 7) is 2.14. The van der Waals surface area contributed by atoms with Crippen molar-refractivity contribution < 1.29 is 23.9 Å². The number of carbonyl (C=O) groups excluding carboxylic acids is 4. The Labute approximate surface area is 131 Å². The highest BCUT2D eigenvalue weighted by Gasteiger charge is 2.53. The van der Waals surface area contributed by atoms with Gasteiger partial charge >= 0.3 is 12.0 Å². The molecular weight excluding hydrogens is 310 g/mol. The van der Waals surface area contributed by atoms with E-state index in [0.717, 1.165) is 4.90 Å². The van der Waals surface area contributed by atoms with Crippen molar-refractivity contribution in [2.24, 2.45) is 0 Å². The lowest BCUT2D eigenvalue weighted by atomic mass is 10.2. The van der Waals surface area contributed by atoms with Crippen LogP contribution in [0.4, 0.5) is 4.79 Å². The van der Waals surface area contributed by atoms with Gasteiger partial charge in [0.2, 0.25) is 5.91 Å². The number of rotatable bonds is 3. The third-order valence-electron chi connectivity index (χ3n) is 4.21. The number of carbonyl (C=O) groups is 4. The van der Waals surface area contributed by atoms with E-state index in [4.69, 9.17) is 4.74 Å². The third kappa shape index (κ3) is 2.43. The van der Waals surface area contributed by atoms with Gasteiger partial charge in [0.15, 0.2) is 6.61 Å². The molecule has 0 aromatic carbocycles. The average Bonchev–Trinajstić information content (AvgIpc) is 3.12. The number of imide groups is 1. The molecule has 0 unspecified atom stereocenters. The summed E-state index contributed by atoms with van der Waals surface area (Å²) in [5, 5.41) is 2.50. The van der Waals surface area contributed by atoms with Gasteiger partial charge in [0.1, 0.15) is 6.04 Å². The Kier molecular flexibility index (Phi) is 3.75. The fourth-order valence-electron chi connectivity index (χ4n) is 3.01. The Bertz CT molecular complexity index is 554. The quantitative estimate of drug-likeness (QED) is 0.705. The molecule has 1 N–H and O–H groups in total. The van der Waals surface area contributed by atoms with Crippen molar-refractivity contribution in [1.82, 2.24) is 15.1 Å². The largest absolute Gasteiger partial charge is 0.454 e. The van der Waals surface area contributed by atoms with E-state index in [0.29, 0.717) is 25.1 Å². The van der Waals surface area contributed by atoms with Crippen molar-refractivity contribution in [3.63, 3.8) is 0 Å². The minimum absolute atomic E-state index is 0.0558. The second-order valence-corrected chi connectivity index (χ2v) is 7.15. The molecule has 3 fully saturated rings. The number of ether oxygens (including phenoxy) is 1. The van der Waals surface area contributed by atoms with Gasteiger partial charge in [-0.05, 0) is 13.3 Å². The highest BCUT2D eigenvalue weighted by Crippen LogP contribution is 2.47. The summed E-state index contributed by atoms with van der Waals surface area (Å²) in [5.41, 5.74) is 0. The van der Waals surface area contributed by atoms with E-state index in [2.05, 4.69) is 5.32 Å². The van der Waals surface area contributed by atoms with E-state index in [-0.39, 0.29) is 17.3 Å². The molecule has 3 saturated heterocycles. The molecule has 0 radical (unpaired) electrons. The molecule has 0 aromatic heterocycles. The van der Waals surface area contributed by atoms with Gasteiger partial charge in [0.05, 0.1) is 4.87 Å². The number of esters is 1. The molecule has 9 heteroatoms. The van der Waals surface area contributed by atoms with Crippen LogP contribution < -0.4 is 5.32 Å². The van der Waals surface area contributed by atoms with Crippen LogP contribution in [0.5, 0.6) is 0 Å². The number of hydrogen-bond donors (Lipinski definition) is 1. The monoisotopic (exact) mass is 327 g/mol. The second-order valence-electron chi connectivity index (χ2n) is 5.65. The van der Waals surface area contributed by atoms with E-state index in [9.17, 15) is 19.2 Å². The summed E-state index contributed by atoms with van der Waals surface area (Å²) in [7, 11) is 0. The van der Waals surface area contributed by atoms with E-state index in [1.807, 2.05) is 6.92 Å². The zero-order valence-electron chi connectivity index (χ0n) is 12.2. The van der Waals surface area contributed by atoms with Crippen molar-refractivity contribution >= 4 is 35.6 Å². The Morgan fingerprint density at radius 2 is 2.23 bits per heavy atom. The SMILES string of the molecule is C[C@]12CCC(=O)N1[C@H](C(=O)OCC(=O)N1CCNC1=O)CS2. The number of hydrogen-bond acceptors (Lipinski definition) is 6. The van der Waals surface area contributed by atoms with Crippen LogP contribution in [-0.4, -0.2) is 70.0 Å². The number of thioether (sulfide) groups is 1. The smallest absolute Gasteiger partial charge is 0.330 e. The van der Waals surface area contributed by atoms with Crippen molar-refractivity contribution in [3.8, 4) is 0 Å². The molecule has 120 valence electrons. The lowest BCUT2D eigenvalue weighted by molar-refractivity contribution is -0.157. The molecule has 22 heavy (non-hydrogen) atoms. The third-order valence-corrected chi connectivity index (χ3v) is 5.72. The zero-order valence-corrected chi connectivity index (χ0v) is 13.0. The molecule has 0 aromatic rings. The maximum absolute atomic E-state index is 12.2. The summed E-state index contributed by atoms with van der Waals surface area (Å²) in [4.78, 5) is 49.5. The molecular formula is C13H17N3O5S. The number of nitrogens with zero attached hydrogens (tertiary/aromatic N) is 2. The number of nitrogens with one attached hydrogen (secondary N) is 1. The molecule has 3 rings (SSSR count). The Balaban J connectivity index is 1.57. The molecule has 0 aliphatic carbocycles. The Morgan fingerprint density at radius 1 is 1.45 bits per heavy atom. The molecule has 3 aliphatic rings. The first kappa shape index (κ1) is 15.1. The highest BCUT2D eigenvalue weighted by atomic mass is 32.2. The highest BCUT2D eigenvalue weighted by molar-refractivity contribution is 8.01. The minimum atomic E-state index is -0.648. The number of urea groups is 1. The summed E-state index contributed by atoms with van der Waals surface area (Å²) < 4.78 is 5.03. The summed E-state index contributed by atoms with van der Waals surface area (Å²) >= 11 is 1.56. The predicted molar refractivity (Wildman–Crippen MR) is 76.8 cm³/mol. The molecule has 8 nitrogen and oxygen atoms in total. The first-order valence-electron chi connectivity index (χ1n) is 7.13. The molecule has 3 heterocycles.